The lowest BCUT2D eigenvalue weighted by Crippen LogP contribution is -2.66. The van der Waals surface area contributed by atoms with E-state index in [4.69, 9.17) is 17.3 Å². The minimum atomic E-state index is -0.739. The molecule has 17 heavy (non-hydrogen) atoms. The SMILES string of the molecule is CN1C2CCC(Cl)CC2CC(N)C1C(C)(C)O. The van der Waals surface area contributed by atoms with E-state index in [2.05, 4.69) is 11.9 Å². The zero-order valence-electron chi connectivity index (χ0n) is 11.1. The lowest BCUT2D eigenvalue weighted by atomic mass is 9.72. The maximum Gasteiger partial charge on any atom is 0.0761 e. The van der Waals surface area contributed by atoms with E-state index in [0.717, 1.165) is 25.7 Å². The van der Waals surface area contributed by atoms with E-state index < -0.39 is 5.60 Å². The Kier molecular flexibility index (Phi) is 3.75. The summed E-state index contributed by atoms with van der Waals surface area (Å²) in [6.07, 6.45) is 4.28. The zero-order valence-corrected chi connectivity index (χ0v) is 11.8. The third-order valence-corrected chi connectivity index (χ3v) is 4.94. The molecule has 5 unspecified atom stereocenters. The number of likely N-dealkylation sites (N-methyl/N-ethyl adjacent to an activating group) is 1. The van der Waals surface area contributed by atoms with Crippen molar-refractivity contribution in [2.45, 2.75) is 68.6 Å². The van der Waals surface area contributed by atoms with Crippen molar-refractivity contribution in [1.82, 2.24) is 4.90 Å². The average Bonchev–Trinajstić information content (AvgIpc) is 2.13. The molecule has 2 fully saturated rings. The number of aliphatic hydroxyl groups is 1. The van der Waals surface area contributed by atoms with Gasteiger partial charge in [0.25, 0.3) is 0 Å². The summed E-state index contributed by atoms with van der Waals surface area (Å²) in [5.41, 5.74) is 5.52. The number of likely N-dealkylation sites (tertiary alicyclic amines) is 1. The average molecular weight is 261 g/mol. The first-order valence-corrected chi connectivity index (χ1v) is 7.08. The van der Waals surface area contributed by atoms with Crippen LogP contribution in [0.2, 0.25) is 0 Å². The van der Waals surface area contributed by atoms with Crippen LogP contribution in [0.3, 0.4) is 0 Å². The molecular formula is C13H25ClN2O. The quantitative estimate of drug-likeness (QED) is 0.704. The molecule has 100 valence electrons. The number of hydrogen-bond donors (Lipinski definition) is 2. The van der Waals surface area contributed by atoms with Gasteiger partial charge in [0.1, 0.15) is 0 Å². The molecule has 1 heterocycles. The fourth-order valence-corrected chi connectivity index (χ4v) is 4.34. The number of hydrogen-bond acceptors (Lipinski definition) is 3. The van der Waals surface area contributed by atoms with Gasteiger partial charge in [0, 0.05) is 17.5 Å². The molecule has 0 bridgehead atoms. The maximum atomic E-state index is 10.3. The second kappa shape index (κ2) is 4.69. The van der Waals surface area contributed by atoms with Gasteiger partial charge >= 0.3 is 0 Å². The molecular weight excluding hydrogens is 236 g/mol. The molecule has 4 heteroatoms. The summed E-state index contributed by atoms with van der Waals surface area (Å²) in [5.74, 6) is 0.602. The summed E-state index contributed by atoms with van der Waals surface area (Å²) < 4.78 is 0. The van der Waals surface area contributed by atoms with Crippen molar-refractivity contribution in [3.63, 3.8) is 0 Å². The summed E-state index contributed by atoms with van der Waals surface area (Å²) in [6.45, 7) is 3.73. The topological polar surface area (TPSA) is 49.5 Å². The Morgan fingerprint density at radius 2 is 1.94 bits per heavy atom. The van der Waals surface area contributed by atoms with Gasteiger partial charge < -0.3 is 10.8 Å². The van der Waals surface area contributed by atoms with E-state index >= 15 is 0 Å². The molecule has 1 saturated heterocycles. The van der Waals surface area contributed by atoms with Gasteiger partial charge in [-0.15, -0.1) is 11.6 Å². The summed E-state index contributed by atoms with van der Waals surface area (Å²) in [7, 11) is 2.11. The minimum absolute atomic E-state index is 0.0446. The smallest absolute Gasteiger partial charge is 0.0761 e. The highest BCUT2D eigenvalue weighted by atomic mass is 35.5. The van der Waals surface area contributed by atoms with Crippen LogP contribution in [0.1, 0.15) is 39.5 Å². The number of alkyl halides is 1. The summed E-state index contributed by atoms with van der Waals surface area (Å²) in [4.78, 5) is 2.31. The third-order valence-electron chi connectivity index (χ3n) is 4.54. The van der Waals surface area contributed by atoms with Crippen LogP contribution in [-0.2, 0) is 0 Å². The molecule has 0 amide bonds. The molecule has 0 spiro atoms. The Balaban J connectivity index is 2.16. The van der Waals surface area contributed by atoms with Crippen molar-refractivity contribution < 1.29 is 5.11 Å². The predicted octanol–water partition coefficient (Wildman–Crippen LogP) is 1.56. The number of nitrogens with two attached hydrogens (primary N) is 1. The van der Waals surface area contributed by atoms with E-state index in [1.165, 1.54) is 0 Å². The van der Waals surface area contributed by atoms with Gasteiger partial charge in [-0.05, 0) is 52.5 Å². The first-order chi connectivity index (χ1) is 7.80. The number of halogens is 1. The number of rotatable bonds is 1. The Bertz CT molecular complexity index is 279. The first kappa shape index (κ1) is 13.6. The normalized spacial score (nSPS) is 44.5. The van der Waals surface area contributed by atoms with Gasteiger partial charge in [-0.25, -0.2) is 0 Å². The van der Waals surface area contributed by atoms with Gasteiger partial charge in [-0.3, -0.25) is 4.90 Å². The lowest BCUT2D eigenvalue weighted by Gasteiger charge is -2.53. The summed E-state index contributed by atoms with van der Waals surface area (Å²) >= 11 is 6.25. The maximum absolute atomic E-state index is 10.3. The fourth-order valence-electron chi connectivity index (χ4n) is 3.99. The molecule has 1 aliphatic heterocycles. The van der Waals surface area contributed by atoms with Gasteiger partial charge in [-0.1, -0.05) is 0 Å². The molecule has 2 aliphatic rings. The van der Waals surface area contributed by atoms with E-state index in [9.17, 15) is 5.11 Å². The first-order valence-electron chi connectivity index (χ1n) is 6.64. The van der Waals surface area contributed by atoms with Crippen LogP contribution in [0, 0.1) is 5.92 Å². The Morgan fingerprint density at radius 1 is 1.29 bits per heavy atom. The van der Waals surface area contributed by atoms with Crippen molar-refractivity contribution in [2.24, 2.45) is 11.7 Å². The number of fused-ring (bicyclic) bond motifs is 1. The van der Waals surface area contributed by atoms with Crippen LogP contribution in [-0.4, -0.2) is 46.2 Å². The number of nitrogens with zero attached hydrogens (tertiary/aromatic N) is 1. The Labute approximate surface area is 109 Å². The number of piperidine rings is 1. The molecule has 0 radical (unpaired) electrons. The summed E-state index contributed by atoms with van der Waals surface area (Å²) in [5, 5.41) is 10.6. The van der Waals surface area contributed by atoms with Crippen LogP contribution in [0.5, 0.6) is 0 Å². The third kappa shape index (κ3) is 2.62. The standard InChI is InChI=1S/C13H25ClN2O/c1-13(2,17)12-10(15)7-8-6-9(14)4-5-11(8)16(12)3/h8-12,17H,4-7,15H2,1-3H3. The molecule has 0 aromatic rings. The molecule has 2 rings (SSSR count). The van der Waals surface area contributed by atoms with Crippen molar-refractivity contribution in [2.75, 3.05) is 7.05 Å². The van der Waals surface area contributed by atoms with Crippen LogP contribution in [0.15, 0.2) is 0 Å². The largest absolute Gasteiger partial charge is 0.389 e. The van der Waals surface area contributed by atoms with Crippen molar-refractivity contribution in [3.8, 4) is 0 Å². The van der Waals surface area contributed by atoms with Gasteiger partial charge in [-0.2, -0.15) is 0 Å². The van der Waals surface area contributed by atoms with Crippen LogP contribution < -0.4 is 5.73 Å². The monoisotopic (exact) mass is 260 g/mol. The molecule has 5 atom stereocenters. The molecule has 1 saturated carbocycles. The van der Waals surface area contributed by atoms with E-state index in [1.807, 2.05) is 13.8 Å². The van der Waals surface area contributed by atoms with Crippen molar-refractivity contribution in [3.05, 3.63) is 0 Å². The highest BCUT2D eigenvalue weighted by Gasteiger charge is 2.46. The van der Waals surface area contributed by atoms with E-state index in [0.29, 0.717) is 17.3 Å². The zero-order chi connectivity index (χ0) is 12.8. The highest BCUT2D eigenvalue weighted by Crippen LogP contribution is 2.40. The lowest BCUT2D eigenvalue weighted by molar-refractivity contribution is -0.0789. The van der Waals surface area contributed by atoms with E-state index in [1.54, 1.807) is 0 Å². The van der Waals surface area contributed by atoms with Gasteiger partial charge in [0.2, 0.25) is 0 Å². The molecule has 3 N–H and O–H groups in total. The van der Waals surface area contributed by atoms with Gasteiger partial charge in [0.15, 0.2) is 0 Å². The predicted molar refractivity (Wildman–Crippen MR) is 71.2 cm³/mol. The molecule has 0 aromatic carbocycles. The Morgan fingerprint density at radius 3 is 2.53 bits per heavy atom. The molecule has 3 nitrogen and oxygen atoms in total. The van der Waals surface area contributed by atoms with Crippen LogP contribution >= 0.6 is 11.6 Å². The highest BCUT2D eigenvalue weighted by molar-refractivity contribution is 6.20. The van der Waals surface area contributed by atoms with Crippen LogP contribution in [0.4, 0.5) is 0 Å². The van der Waals surface area contributed by atoms with Crippen molar-refractivity contribution in [1.29, 1.82) is 0 Å². The Hall–Kier alpha value is 0.170. The minimum Gasteiger partial charge on any atom is -0.389 e. The second-order valence-corrected chi connectivity index (χ2v) is 7.02. The molecule has 0 aromatic heterocycles. The summed E-state index contributed by atoms with van der Waals surface area (Å²) in [6, 6.07) is 0.639. The van der Waals surface area contributed by atoms with Gasteiger partial charge in [0.05, 0.1) is 11.6 Å². The van der Waals surface area contributed by atoms with Crippen molar-refractivity contribution >= 4 is 11.6 Å². The van der Waals surface area contributed by atoms with Crippen LogP contribution in [0.25, 0.3) is 0 Å². The molecule has 1 aliphatic carbocycles. The fraction of sp³-hybridized carbons (Fsp3) is 1.00. The van der Waals surface area contributed by atoms with E-state index in [-0.39, 0.29) is 12.1 Å². The second-order valence-electron chi connectivity index (χ2n) is 6.40.